The minimum Gasteiger partial charge on any atom is -0.309 e. The molecule has 0 aromatic carbocycles. The van der Waals surface area contributed by atoms with Crippen LogP contribution < -0.4 is 5.32 Å². The monoisotopic (exact) mass is 211 g/mol. The fourth-order valence-electron chi connectivity index (χ4n) is 1.61. The Kier molecular flexibility index (Phi) is 5.20. The van der Waals surface area contributed by atoms with E-state index in [0.717, 1.165) is 12.5 Å². The van der Waals surface area contributed by atoms with Gasteiger partial charge in [-0.2, -0.15) is 0 Å². The highest BCUT2D eigenvalue weighted by atomic mass is 32.1. The predicted molar refractivity (Wildman–Crippen MR) is 64.8 cm³/mol. The summed E-state index contributed by atoms with van der Waals surface area (Å²) in [4.78, 5) is 1.44. The Bertz CT molecular complexity index is 230. The molecule has 1 heterocycles. The second-order valence-corrected chi connectivity index (χ2v) is 5.02. The first-order valence-electron chi connectivity index (χ1n) is 5.50. The van der Waals surface area contributed by atoms with Crippen LogP contribution >= 0.6 is 11.3 Å². The van der Waals surface area contributed by atoms with E-state index >= 15 is 0 Å². The van der Waals surface area contributed by atoms with Crippen LogP contribution in [0.2, 0.25) is 0 Å². The van der Waals surface area contributed by atoms with E-state index in [1.165, 1.54) is 17.7 Å². The molecule has 1 aromatic heterocycles. The summed E-state index contributed by atoms with van der Waals surface area (Å²) in [5.74, 6) is 0.794. The predicted octanol–water partition coefficient (Wildman–Crippen LogP) is 3.83. The molecule has 1 aromatic rings. The van der Waals surface area contributed by atoms with Gasteiger partial charge in [0.25, 0.3) is 0 Å². The number of nitrogens with one attached hydrogen (secondary N) is 1. The Balaban J connectivity index is 2.24. The Morgan fingerprint density at radius 3 is 2.79 bits per heavy atom. The maximum atomic E-state index is 3.58. The van der Waals surface area contributed by atoms with Gasteiger partial charge < -0.3 is 5.32 Å². The van der Waals surface area contributed by atoms with E-state index in [2.05, 4.69) is 43.6 Å². The fraction of sp³-hybridized carbons (Fsp3) is 0.667. The van der Waals surface area contributed by atoms with Crippen molar-refractivity contribution in [2.24, 2.45) is 5.92 Å². The third-order valence-electron chi connectivity index (χ3n) is 2.52. The van der Waals surface area contributed by atoms with Gasteiger partial charge in [0.15, 0.2) is 0 Å². The van der Waals surface area contributed by atoms with Crippen molar-refractivity contribution in [3.63, 3.8) is 0 Å². The Labute approximate surface area is 91.5 Å². The highest BCUT2D eigenvalue weighted by molar-refractivity contribution is 7.10. The summed E-state index contributed by atoms with van der Waals surface area (Å²) in [6.07, 6.45) is 2.61. The molecule has 1 nitrogen and oxygen atoms in total. The smallest absolute Gasteiger partial charge is 0.0386 e. The van der Waals surface area contributed by atoms with Gasteiger partial charge in [-0.1, -0.05) is 26.3 Å². The lowest BCUT2D eigenvalue weighted by atomic mass is 10.1. The second kappa shape index (κ2) is 6.20. The number of rotatable bonds is 6. The fourth-order valence-corrected chi connectivity index (χ4v) is 2.37. The van der Waals surface area contributed by atoms with Gasteiger partial charge in [0, 0.05) is 10.9 Å². The average molecular weight is 211 g/mol. The van der Waals surface area contributed by atoms with Crippen molar-refractivity contribution in [1.82, 2.24) is 5.32 Å². The van der Waals surface area contributed by atoms with Crippen LogP contribution in [-0.2, 0) is 0 Å². The first kappa shape index (κ1) is 11.7. The van der Waals surface area contributed by atoms with Crippen molar-refractivity contribution >= 4 is 11.3 Å². The molecule has 0 radical (unpaired) electrons. The lowest BCUT2D eigenvalue weighted by Gasteiger charge is -2.16. The lowest BCUT2D eigenvalue weighted by Crippen LogP contribution is -2.23. The zero-order chi connectivity index (χ0) is 10.4. The molecular weight excluding hydrogens is 190 g/mol. The van der Waals surface area contributed by atoms with E-state index in [0.29, 0.717) is 6.04 Å². The summed E-state index contributed by atoms with van der Waals surface area (Å²) in [5, 5.41) is 5.72. The summed E-state index contributed by atoms with van der Waals surface area (Å²) in [6, 6.07) is 4.83. The van der Waals surface area contributed by atoms with Crippen LogP contribution in [0.3, 0.4) is 0 Å². The van der Waals surface area contributed by atoms with Gasteiger partial charge in [-0.25, -0.2) is 0 Å². The summed E-state index contributed by atoms with van der Waals surface area (Å²) in [7, 11) is 0. The first-order chi connectivity index (χ1) is 6.74. The number of hydrogen-bond donors (Lipinski definition) is 1. The molecule has 0 saturated carbocycles. The zero-order valence-electron chi connectivity index (χ0n) is 9.42. The van der Waals surface area contributed by atoms with Gasteiger partial charge in [-0.05, 0) is 37.3 Å². The summed E-state index contributed by atoms with van der Waals surface area (Å²) in [6.45, 7) is 7.94. The molecule has 0 saturated heterocycles. The van der Waals surface area contributed by atoms with E-state index in [1.807, 2.05) is 11.3 Å². The molecule has 0 fully saturated rings. The maximum Gasteiger partial charge on any atom is 0.0386 e. The number of hydrogen-bond acceptors (Lipinski definition) is 2. The third kappa shape index (κ3) is 3.81. The minimum atomic E-state index is 0.509. The van der Waals surface area contributed by atoms with Crippen LogP contribution in [0.25, 0.3) is 0 Å². The van der Waals surface area contributed by atoms with Gasteiger partial charge >= 0.3 is 0 Å². The maximum absolute atomic E-state index is 3.58. The van der Waals surface area contributed by atoms with Gasteiger partial charge in [-0.15, -0.1) is 11.3 Å². The summed E-state index contributed by atoms with van der Waals surface area (Å²) < 4.78 is 0. The SMILES string of the molecule is CCCC(C)CN[C@@H](C)c1cccs1. The average Bonchev–Trinajstić information content (AvgIpc) is 2.67. The van der Waals surface area contributed by atoms with Crippen LogP contribution in [0, 0.1) is 5.92 Å². The molecular formula is C12H21NS. The van der Waals surface area contributed by atoms with Crippen LogP contribution in [0.1, 0.15) is 44.5 Å². The summed E-state index contributed by atoms with van der Waals surface area (Å²) >= 11 is 1.83. The molecule has 0 bridgehead atoms. The largest absolute Gasteiger partial charge is 0.309 e. The van der Waals surface area contributed by atoms with Crippen LogP contribution in [0.5, 0.6) is 0 Å². The van der Waals surface area contributed by atoms with E-state index in [4.69, 9.17) is 0 Å². The second-order valence-electron chi connectivity index (χ2n) is 4.04. The Morgan fingerprint density at radius 2 is 2.21 bits per heavy atom. The number of thiophene rings is 1. The van der Waals surface area contributed by atoms with Crippen LogP contribution in [0.4, 0.5) is 0 Å². The quantitative estimate of drug-likeness (QED) is 0.754. The topological polar surface area (TPSA) is 12.0 Å². The molecule has 0 amide bonds. The van der Waals surface area contributed by atoms with Crippen LogP contribution in [-0.4, -0.2) is 6.54 Å². The van der Waals surface area contributed by atoms with Crippen molar-refractivity contribution in [2.75, 3.05) is 6.54 Å². The minimum absolute atomic E-state index is 0.509. The molecule has 1 rings (SSSR count). The Hall–Kier alpha value is -0.340. The van der Waals surface area contributed by atoms with Crippen molar-refractivity contribution in [1.29, 1.82) is 0 Å². The molecule has 0 aliphatic heterocycles. The lowest BCUT2D eigenvalue weighted by molar-refractivity contribution is 0.446. The van der Waals surface area contributed by atoms with Crippen molar-refractivity contribution in [3.8, 4) is 0 Å². The van der Waals surface area contributed by atoms with E-state index in [-0.39, 0.29) is 0 Å². The molecule has 0 spiro atoms. The van der Waals surface area contributed by atoms with Gasteiger partial charge in [-0.3, -0.25) is 0 Å². The highest BCUT2D eigenvalue weighted by Gasteiger charge is 2.07. The van der Waals surface area contributed by atoms with Crippen molar-refractivity contribution in [3.05, 3.63) is 22.4 Å². The van der Waals surface area contributed by atoms with Crippen molar-refractivity contribution in [2.45, 2.75) is 39.7 Å². The standard InChI is InChI=1S/C12H21NS/c1-4-6-10(2)9-13-11(3)12-7-5-8-14-12/h5,7-8,10-11,13H,4,6,9H2,1-3H3/t10?,11-/m0/s1. The van der Waals surface area contributed by atoms with Crippen molar-refractivity contribution < 1.29 is 0 Å². The summed E-state index contributed by atoms with van der Waals surface area (Å²) in [5.41, 5.74) is 0. The highest BCUT2D eigenvalue weighted by Crippen LogP contribution is 2.18. The van der Waals surface area contributed by atoms with Gasteiger partial charge in [0.1, 0.15) is 0 Å². The van der Waals surface area contributed by atoms with Crippen LogP contribution in [0.15, 0.2) is 17.5 Å². The Morgan fingerprint density at radius 1 is 1.43 bits per heavy atom. The molecule has 0 aliphatic carbocycles. The third-order valence-corrected chi connectivity index (χ3v) is 3.58. The molecule has 2 atom stereocenters. The normalized spacial score (nSPS) is 15.4. The van der Waals surface area contributed by atoms with E-state index < -0.39 is 0 Å². The van der Waals surface area contributed by atoms with Gasteiger partial charge in [0.2, 0.25) is 0 Å². The first-order valence-corrected chi connectivity index (χ1v) is 6.38. The molecule has 2 heteroatoms. The van der Waals surface area contributed by atoms with E-state index in [1.54, 1.807) is 0 Å². The molecule has 14 heavy (non-hydrogen) atoms. The van der Waals surface area contributed by atoms with Gasteiger partial charge in [0.05, 0.1) is 0 Å². The van der Waals surface area contributed by atoms with E-state index in [9.17, 15) is 0 Å². The molecule has 1 unspecified atom stereocenters. The zero-order valence-corrected chi connectivity index (χ0v) is 10.2. The molecule has 1 N–H and O–H groups in total. The molecule has 80 valence electrons. The molecule has 0 aliphatic rings.